The van der Waals surface area contributed by atoms with E-state index < -0.39 is 29.7 Å². The summed E-state index contributed by atoms with van der Waals surface area (Å²) in [6.07, 6.45) is 0.617. The zero-order valence-corrected chi connectivity index (χ0v) is 22.3. The van der Waals surface area contributed by atoms with Crippen LogP contribution in [0.5, 0.6) is 5.75 Å². The number of fused-ring (bicyclic) bond motifs is 1. The highest BCUT2D eigenvalue weighted by atomic mass is 32.1. The second kappa shape index (κ2) is 9.99. The number of anilines is 1. The largest absolute Gasteiger partial charge is 0.507 e. The zero-order chi connectivity index (χ0) is 28.0. The Morgan fingerprint density at radius 3 is 2.38 bits per heavy atom. The number of methoxy groups -OCH3 is 2. The van der Waals surface area contributed by atoms with E-state index in [0.717, 1.165) is 21.8 Å². The van der Waals surface area contributed by atoms with Gasteiger partial charge in [-0.05, 0) is 55.3 Å². The van der Waals surface area contributed by atoms with Gasteiger partial charge in [0.15, 0.2) is 5.13 Å². The third-order valence-electron chi connectivity index (χ3n) is 6.62. The Bertz CT molecular complexity index is 1560. The number of thiazole rings is 1. The number of benzene rings is 2. The first-order valence-corrected chi connectivity index (χ1v) is 12.8. The molecule has 2 aliphatic heterocycles. The number of aliphatic hydroxyl groups is 1. The van der Waals surface area contributed by atoms with E-state index in [1.807, 2.05) is 6.92 Å². The second-order valence-corrected chi connectivity index (χ2v) is 10.1. The van der Waals surface area contributed by atoms with Gasteiger partial charge in [0.1, 0.15) is 22.5 Å². The summed E-state index contributed by atoms with van der Waals surface area (Å²) in [5.41, 5.74) is 2.11. The van der Waals surface area contributed by atoms with E-state index in [0.29, 0.717) is 29.0 Å². The summed E-state index contributed by atoms with van der Waals surface area (Å²) in [6.45, 7) is 3.53. The average Bonchev–Trinajstić information content (AvgIpc) is 3.59. The first kappa shape index (κ1) is 26.1. The van der Waals surface area contributed by atoms with Gasteiger partial charge in [0.05, 0.1) is 37.1 Å². The molecule has 1 saturated heterocycles. The van der Waals surface area contributed by atoms with Crippen LogP contribution in [0, 0.1) is 6.92 Å². The van der Waals surface area contributed by atoms with Crippen molar-refractivity contribution in [2.75, 3.05) is 19.1 Å². The van der Waals surface area contributed by atoms with Crippen LogP contribution in [0.15, 0.2) is 48.0 Å². The van der Waals surface area contributed by atoms with Crippen LogP contribution >= 0.6 is 11.3 Å². The predicted molar refractivity (Wildman–Crippen MR) is 141 cm³/mol. The number of Topliss-reactive ketones (excluding diaryl/α,β-unsaturated/α-hetero) is 1. The number of nitrogens with zero attached hydrogens (tertiary/aromatic N) is 2. The topological polar surface area (TPSA) is 132 Å². The average molecular weight is 549 g/mol. The van der Waals surface area contributed by atoms with E-state index in [9.17, 15) is 24.3 Å². The Morgan fingerprint density at radius 1 is 1.05 bits per heavy atom. The summed E-state index contributed by atoms with van der Waals surface area (Å²) < 4.78 is 15.3. The van der Waals surface area contributed by atoms with Crippen LogP contribution in [-0.4, -0.2) is 54.0 Å². The molecule has 5 rings (SSSR count). The molecular weight excluding hydrogens is 524 g/mol. The molecule has 1 N–H and O–H groups in total. The van der Waals surface area contributed by atoms with Crippen LogP contribution in [0.3, 0.4) is 0 Å². The number of ether oxygens (including phenoxy) is 3. The van der Waals surface area contributed by atoms with Gasteiger partial charge in [-0.2, -0.15) is 0 Å². The minimum Gasteiger partial charge on any atom is -0.507 e. The van der Waals surface area contributed by atoms with Crippen molar-refractivity contribution in [1.29, 1.82) is 0 Å². The molecule has 200 valence electrons. The lowest BCUT2D eigenvalue weighted by Crippen LogP contribution is -2.29. The van der Waals surface area contributed by atoms with Gasteiger partial charge in [0.25, 0.3) is 5.78 Å². The quantitative estimate of drug-likeness (QED) is 0.218. The number of carbonyl (C=O) groups is 4. The van der Waals surface area contributed by atoms with Crippen LogP contribution in [0.4, 0.5) is 5.13 Å². The number of aromatic nitrogens is 1. The Balaban J connectivity index is 1.68. The first-order chi connectivity index (χ1) is 18.6. The Morgan fingerprint density at radius 2 is 1.72 bits per heavy atom. The van der Waals surface area contributed by atoms with Crippen molar-refractivity contribution in [1.82, 2.24) is 4.98 Å². The summed E-state index contributed by atoms with van der Waals surface area (Å²) >= 11 is 0.904. The minimum absolute atomic E-state index is 0.0200. The molecule has 2 unspecified atom stereocenters. The van der Waals surface area contributed by atoms with E-state index in [-0.39, 0.29) is 33.0 Å². The SMILES string of the molecule is COC(=O)c1ccc(C2/C(=C(\O)c3ccc4c(c3)CC(C)O4)C(=O)C(=O)N2c2nc(C)c(C(=O)OC)s2)cc1. The Labute approximate surface area is 227 Å². The molecule has 2 aromatic carbocycles. The fourth-order valence-corrected chi connectivity index (χ4v) is 5.77. The number of aliphatic hydroxyl groups excluding tert-OH is 1. The molecule has 0 radical (unpaired) electrons. The molecule has 3 heterocycles. The van der Waals surface area contributed by atoms with Gasteiger partial charge in [0.2, 0.25) is 0 Å². The van der Waals surface area contributed by atoms with E-state index in [4.69, 9.17) is 14.2 Å². The van der Waals surface area contributed by atoms with Crippen LogP contribution in [0.2, 0.25) is 0 Å². The van der Waals surface area contributed by atoms with Crippen molar-refractivity contribution < 1.29 is 38.5 Å². The standard InChI is InChI=1S/C28H24N2O8S/c1-13-11-18-12-17(9-10-19(18)38-13)22(31)20-21(15-5-7-16(8-6-15)26(34)36-3)30(25(33)23(20)32)28-29-14(2)24(39-28)27(35)37-4/h5-10,12-13,21,31H,11H2,1-4H3/b22-20+. The number of carbonyl (C=O) groups excluding carboxylic acids is 4. The Hall–Kier alpha value is -4.51. The monoisotopic (exact) mass is 548 g/mol. The molecule has 0 saturated carbocycles. The van der Waals surface area contributed by atoms with Crippen molar-refractivity contribution in [3.05, 3.63) is 80.9 Å². The van der Waals surface area contributed by atoms with Gasteiger partial charge in [-0.1, -0.05) is 23.5 Å². The van der Waals surface area contributed by atoms with Crippen molar-refractivity contribution in [3.63, 3.8) is 0 Å². The minimum atomic E-state index is -1.09. The fraction of sp³-hybridized carbons (Fsp3) is 0.250. The van der Waals surface area contributed by atoms with Crippen LogP contribution in [0.1, 0.15) is 55.4 Å². The maximum atomic E-state index is 13.5. The fourth-order valence-electron chi connectivity index (χ4n) is 4.76. The van der Waals surface area contributed by atoms with E-state index >= 15 is 0 Å². The molecular formula is C28H24N2O8S. The van der Waals surface area contributed by atoms with Gasteiger partial charge in [-0.15, -0.1) is 0 Å². The van der Waals surface area contributed by atoms with Crippen molar-refractivity contribution in [3.8, 4) is 5.75 Å². The number of rotatable bonds is 5. The van der Waals surface area contributed by atoms with Crippen LogP contribution < -0.4 is 9.64 Å². The maximum absolute atomic E-state index is 13.5. The third-order valence-corrected chi connectivity index (χ3v) is 7.76. The third kappa shape index (κ3) is 4.44. The highest BCUT2D eigenvalue weighted by Crippen LogP contribution is 2.44. The lowest BCUT2D eigenvalue weighted by atomic mass is 9.94. The summed E-state index contributed by atoms with van der Waals surface area (Å²) in [4.78, 5) is 56.8. The highest BCUT2D eigenvalue weighted by Gasteiger charge is 2.48. The molecule has 1 fully saturated rings. The molecule has 0 spiro atoms. The molecule has 0 aliphatic carbocycles. The molecule has 11 heteroatoms. The molecule has 2 aliphatic rings. The molecule has 1 aromatic heterocycles. The number of amides is 1. The molecule has 3 aromatic rings. The highest BCUT2D eigenvalue weighted by molar-refractivity contribution is 7.17. The van der Waals surface area contributed by atoms with Gasteiger partial charge >= 0.3 is 17.8 Å². The van der Waals surface area contributed by atoms with Gasteiger partial charge in [-0.3, -0.25) is 14.5 Å². The normalized spacial score (nSPS) is 19.5. The summed E-state index contributed by atoms with van der Waals surface area (Å²) in [5, 5.41) is 11.5. The molecule has 10 nitrogen and oxygen atoms in total. The maximum Gasteiger partial charge on any atom is 0.350 e. The lowest BCUT2D eigenvalue weighted by Gasteiger charge is -2.23. The molecule has 1 amide bonds. The number of hydrogen-bond donors (Lipinski definition) is 1. The van der Waals surface area contributed by atoms with Crippen molar-refractivity contribution in [2.24, 2.45) is 0 Å². The summed E-state index contributed by atoms with van der Waals surface area (Å²) in [7, 11) is 2.50. The van der Waals surface area contributed by atoms with Crippen molar-refractivity contribution in [2.45, 2.75) is 32.4 Å². The number of aryl methyl sites for hydroxylation is 1. The molecule has 2 atom stereocenters. The number of esters is 2. The Kier molecular flexibility index (Phi) is 6.69. The predicted octanol–water partition coefficient (Wildman–Crippen LogP) is 3.97. The lowest BCUT2D eigenvalue weighted by molar-refractivity contribution is -0.132. The molecule has 39 heavy (non-hydrogen) atoms. The summed E-state index contributed by atoms with van der Waals surface area (Å²) in [5.74, 6) is -2.66. The summed E-state index contributed by atoms with van der Waals surface area (Å²) in [6, 6.07) is 10.1. The van der Waals surface area contributed by atoms with Crippen LogP contribution in [-0.2, 0) is 25.5 Å². The van der Waals surface area contributed by atoms with E-state index in [1.165, 1.54) is 26.4 Å². The van der Waals surface area contributed by atoms with E-state index in [2.05, 4.69) is 4.98 Å². The van der Waals surface area contributed by atoms with Crippen LogP contribution in [0.25, 0.3) is 5.76 Å². The van der Waals surface area contributed by atoms with E-state index in [1.54, 1.807) is 37.3 Å². The van der Waals surface area contributed by atoms with Gasteiger partial charge in [-0.25, -0.2) is 14.6 Å². The first-order valence-electron chi connectivity index (χ1n) is 12.0. The molecule has 0 bridgehead atoms. The zero-order valence-electron chi connectivity index (χ0n) is 21.5. The van der Waals surface area contributed by atoms with Crippen molar-refractivity contribution >= 4 is 45.9 Å². The van der Waals surface area contributed by atoms with Gasteiger partial charge < -0.3 is 19.3 Å². The smallest absolute Gasteiger partial charge is 0.350 e. The number of hydrogen-bond acceptors (Lipinski definition) is 10. The van der Waals surface area contributed by atoms with Gasteiger partial charge in [0, 0.05) is 12.0 Å². The second-order valence-electron chi connectivity index (χ2n) is 9.14. The number of ketones is 1.